The van der Waals surface area contributed by atoms with Crippen molar-refractivity contribution in [2.45, 2.75) is 32.0 Å². The Labute approximate surface area is 155 Å². The number of halogens is 4. The van der Waals surface area contributed by atoms with E-state index in [4.69, 9.17) is 4.74 Å². The average molecular weight is 383 g/mol. The molecule has 8 heteroatoms. The number of likely N-dealkylation sites (N-methyl/N-ethyl adjacent to an activating group) is 2. The van der Waals surface area contributed by atoms with E-state index in [9.17, 15) is 8.78 Å². The molecule has 2 atom stereocenters. The molecule has 2 unspecified atom stereocenters. The Balaban J connectivity index is 2.00. The lowest BCUT2D eigenvalue weighted by Gasteiger charge is -2.54. The van der Waals surface area contributed by atoms with Crippen molar-refractivity contribution in [2.75, 3.05) is 32.1 Å². The fraction of sp³-hybridized carbons (Fsp3) is 0.474. The molecule has 4 nitrogen and oxygen atoms in total. The van der Waals surface area contributed by atoms with Crippen LogP contribution in [0.25, 0.3) is 5.70 Å². The first-order valence-corrected chi connectivity index (χ1v) is 8.73. The minimum absolute atomic E-state index is 0.00657. The van der Waals surface area contributed by atoms with E-state index in [0.717, 1.165) is 11.0 Å². The highest BCUT2D eigenvalue weighted by molar-refractivity contribution is 5.86. The van der Waals surface area contributed by atoms with Gasteiger partial charge in [0.05, 0.1) is 29.2 Å². The molecule has 0 spiro atoms. The number of benzene rings is 1. The molecule has 1 aromatic rings. The number of anilines is 1. The van der Waals surface area contributed by atoms with Gasteiger partial charge >= 0.3 is 6.05 Å². The van der Waals surface area contributed by atoms with Gasteiger partial charge in [0, 0.05) is 24.7 Å². The number of rotatable bonds is 0. The first kappa shape index (κ1) is 18.2. The van der Waals surface area contributed by atoms with Gasteiger partial charge < -0.3 is 14.5 Å². The van der Waals surface area contributed by atoms with Gasteiger partial charge in [-0.1, -0.05) is 6.58 Å². The van der Waals surface area contributed by atoms with Crippen LogP contribution < -0.4 is 4.90 Å². The molecule has 146 valence electrons. The summed E-state index contributed by atoms with van der Waals surface area (Å²) in [7, 11) is 3.19. The van der Waals surface area contributed by atoms with Crippen LogP contribution >= 0.6 is 0 Å². The number of hydrogen-bond donors (Lipinski definition) is 0. The number of ether oxygens (including phenoxy) is 1. The van der Waals surface area contributed by atoms with Gasteiger partial charge in [-0.2, -0.15) is 8.78 Å². The Morgan fingerprint density at radius 3 is 2.59 bits per heavy atom. The van der Waals surface area contributed by atoms with E-state index < -0.39 is 29.8 Å². The van der Waals surface area contributed by atoms with Gasteiger partial charge in [-0.15, -0.1) is 0 Å². The van der Waals surface area contributed by atoms with E-state index >= 15 is 8.78 Å². The quantitative estimate of drug-likeness (QED) is 0.504. The molecule has 27 heavy (non-hydrogen) atoms. The van der Waals surface area contributed by atoms with Crippen molar-refractivity contribution in [3.8, 4) is 0 Å². The van der Waals surface area contributed by atoms with Crippen LogP contribution in [0.1, 0.15) is 18.1 Å². The molecule has 1 aromatic carbocycles. The molecule has 0 N–H and O–H groups in total. The zero-order valence-corrected chi connectivity index (χ0v) is 15.6. The molecule has 0 aliphatic carbocycles. The molecule has 3 aliphatic rings. The van der Waals surface area contributed by atoms with Crippen molar-refractivity contribution in [1.29, 1.82) is 0 Å². The van der Waals surface area contributed by atoms with Gasteiger partial charge in [0.25, 0.3) is 0 Å². The maximum Gasteiger partial charge on any atom is 0.341 e. The van der Waals surface area contributed by atoms with Crippen molar-refractivity contribution in [3.05, 3.63) is 46.9 Å². The minimum atomic E-state index is -3.24. The van der Waals surface area contributed by atoms with E-state index in [0.29, 0.717) is 6.54 Å². The summed E-state index contributed by atoms with van der Waals surface area (Å²) in [6, 6.07) is -3.85. The molecule has 0 aromatic heterocycles. The lowest BCUT2D eigenvalue weighted by atomic mass is 9.93. The largest absolute Gasteiger partial charge is 0.487 e. The summed E-state index contributed by atoms with van der Waals surface area (Å²) in [4.78, 5) is 3.96. The van der Waals surface area contributed by atoms with Gasteiger partial charge in [-0.05, 0) is 27.0 Å². The summed E-state index contributed by atoms with van der Waals surface area (Å²) in [6.07, 6.45) is 0. The van der Waals surface area contributed by atoms with Crippen LogP contribution in [0.3, 0.4) is 0 Å². The third kappa shape index (κ3) is 2.25. The standard InChI is InChI=1S/C19H21F4N3O/c1-9-14(20)6-13-16(15(9)21)25(5)10(2)18-17(13)26-12(8-27-18)7-24(4)11(3)19(26,22)23/h6,11-12H,2,7-8H2,1,3-5H3. The van der Waals surface area contributed by atoms with Crippen molar-refractivity contribution >= 4 is 11.4 Å². The second kappa shape index (κ2) is 5.64. The predicted octanol–water partition coefficient (Wildman–Crippen LogP) is 3.53. The monoisotopic (exact) mass is 383 g/mol. The van der Waals surface area contributed by atoms with Crippen LogP contribution in [-0.4, -0.2) is 55.2 Å². The average Bonchev–Trinajstić information content (AvgIpc) is 2.61. The third-order valence-corrected chi connectivity index (χ3v) is 5.90. The second-order valence-electron chi connectivity index (χ2n) is 7.42. The summed E-state index contributed by atoms with van der Waals surface area (Å²) in [5, 5.41) is 0. The normalized spacial score (nSPS) is 27.2. The Kier molecular flexibility index (Phi) is 3.79. The fourth-order valence-corrected chi connectivity index (χ4v) is 4.07. The Hall–Kier alpha value is -2.22. The summed E-state index contributed by atoms with van der Waals surface area (Å²) >= 11 is 0. The maximum absolute atomic E-state index is 15.3. The lowest BCUT2D eigenvalue weighted by molar-refractivity contribution is -0.216. The minimum Gasteiger partial charge on any atom is -0.487 e. The van der Waals surface area contributed by atoms with Crippen molar-refractivity contribution in [3.63, 3.8) is 0 Å². The zero-order chi connectivity index (χ0) is 19.8. The summed E-state index contributed by atoms with van der Waals surface area (Å²) in [5.74, 6) is -1.43. The van der Waals surface area contributed by atoms with Crippen LogP contribution in [0.2, 0.25) is 0 Å². The highest BCUT2D eigenvalue weighted by Gasteiger charge is 2.56. The topological polar surface area (TPSA) is 19.0 Å². The number of fused-ring (bicyclic) bond motifs is 4. The molecule has 0 radical (unpaired) electrons. The molecule has 3 heterocycles. The second-order valence-corrected chi connectivity index (χ2v) is 7.42. The van der Waals surface area contributed by atoms with Crippen LogP contribution in [0.4, 0.5) is 23.2 Å². The van der Waals surface area contributed by atoms with Crippen molar-refractivity contribution < 1.29 is 22.3 Å². The molecular weight excluding hydrogens is 362 g/mol. The highest BCUT2D eigenvalue weighted by atomic mass is 19.3. The predicted molar refractivity (Wildman–Crippen MR) is 94.2 cm³/mol. The smallest absolute Gasteiger partial charge is 0.341 e. The Bertz CT molecular complexity index is 882. The molecule has 1 fully saturated rings. The van der Waals surface area contributed by atoms with E-state index in [1.54, 1.807) is 19.0 Å². The number of hydrogen-bond acceptors (Lipinski definition) is 4. The van der Waals surface area contributed by atoms with Crippen LogP contribution in [0.5, 0.6) is 0 Å². The first-order chi connectivity index (χ1) is 12.6. The molecule has 0 amide bonds. The van der Waals surface area contributed by atoms with E-state index in [2.05, 4.69) is 6.58 Å². The molecule has 0 bridgehead atoms. The van der Waals surface area contributed by atoms with E-state index in [1.165, 1.54) is 18.7 Å². The Morgan fingerprint density at radius 1 is 1.26 bits per heavy atom. The fourth-order valence-electron chi connectivity index (χ4n) is 4.07. The molecule has 4 rings (SSSR count). The summed E-state index contributed by atoms with van der Waals surface area (Å²) in [5.41, 5.74) is 0.200. The van der Waals surface area contributed by atoms with Gasteiger partial charge in [0.1, 0.15) is 12.4 Å². The summed E-state index contributed by atoms with van der Waals surface area (Å²) < 4.78 is 65.6. The first-order valence-electron chi connectivity index (χ1n) is 8.73. The van der Waals surface area contributed by atoms with Gasteiger partial charge in [0.15, 0.2) is 11.6 Å². The zero-order valence-electron chi connectivity index (χ0n) is 15.6. The van der Waals surface area contributed by atoms with E-state index in [-0.39, 0.29) is 40.6 Å². The molecule has 0 saturated carbocycles. The lowest BCUT2D eigenvalue weighted by Crippen LogP contribution is -2.67. The van der Waals surface area contributed by atoms with E-state index in [1.807, 2.05) is 0 Å². The van der Waals surface area contributed by atoms with Gasteiger partial charge in [-0.3, -0.25) is 4.90 Å². The van der Waals surface area contributed by atoms with Gasteiger partial charge in [-0.25, -0.2) is 8.78 Å². The van der Waals surface area contributed by atoms with Gasteiger partial charge in [0.2, 0.25) is 0 Å². The van der Waals surface area contributed by atoms with Crippen molar-refractivity contribution in [1.82, 2.24) is 9.80 Å². The third-order valence-electron chi connectivity index (χ3n) is 5.90. The maximum atomic E-state index is 15.3. The number of alkyl halides is 2. The van der Waals surface area contributed by atoms with Crippen LogP contribution in [0.15, 0.2) is 24.1 Å². The SMILES string of the molecule is C=C1C2=C(c3cc(F)c(C)c(F)c3N1C)N1C(CO2)CN(C)C(C)C1(F)F. The van der Waals surface area contributed by atoms with Crippen LogP contribution in [0, 0.1) is 18.6 Å². The molecular formula is C19H21F4N3O. The molecule has 3 aliphatic heterocycles. The summed E-state index contributed by atoms with van der Waals surface area (Å²) in [6.45, 7) is 7.04. The number of nitrogens with zero attached hydrogens (tertiary/aromatic N) is 3. The van der Waals surface area contributed by atoms with Crippen LogP contribution in [-0.2, 0) is 4.74 Å². The van der Waals surface area contributed by atoms with Crippen molar-refractivity contribution in [2.24, 2.45) is 0 Å². The Morgan fingerprint density at radius 2 is 1.93 bits per heavy atom. The highest BCUT2D eigenvalue weighted by Crippen LogP contribution is 2.50. The number of piperazine rings is 1. The molecule has 1 saturated heterocycles.